The molecule has 0 aromatic carbocycles. The van der Waals surface area contributed by atoms with Crippen molar-refractivity contribution in [3.8, 4) is 0 Å². The molecule has 4 nitrogen and oxygen atoms in total. The van der Waals surface area contributed by atoms with Gasteiger partial charge in [-0.05, 0) is 39.8 Å². The zero-order chi connectivity index (χ0) is 13.1. The van der Waals surface area contributed by atoms with Crippen LogP contribution in [0.3, 0.4) is 0 Å². The molecule has 0 saturated carbocycles. The summed E-state index contributed by atoms with van der Waals surface area (Å²) < 4.78 is 0. The number of hydrogen-bond donors (Lipinski definition) is 2. The van der Waals surface area contributed by atoms with E-state index < -0.39 is 5.41 Å². The lowest BCUT2D eigenvalue weighted by Gasteiger charge is -2.26. The van der Waals surface area contributed by atoms with Crippen LogP contribution in [0, 0.1) is 5.41 Å². The van der Waals surface area contributed by atoms with Crippen molar-refractivity contribution < 1.29 is 4.79 Å². The molecule has 0 aromatic heterocycles. The van der Waals surface area contributed by atoms with E-state index in [1.54, 1.807) is 13.8 Å². The van der Waals surface area contributed by atoms with E-state index >= 15 is 0 Å². The summed E-state index contributed by atoms with van der Waals surface area (Å²) in [5.41, 5.74) is 4.81. The Morgan fingerprint density at radius 3 is 2.76 bits per heavy atom. The van der Waals surface area contributed by atoms with Crippen LogP contribution in [0.4, 0.5) is 0 Å². The van der Waals surface area contributed by atoms with Gasteiger partial charge < -0.3 is 11.1 Å². The van der Waals surface area contributed by atoms with Gasteiger partial charge >= 0.3 is 0 Å². The van der Waals surface area contributed by atoms with Crippen molar-refractivity contribution in [2.45, 2.75) is 39.7 Å². The quantitative estimate of drug-likeness (QED) is 0.719. The molecule has 1 aliphatic rings. The average Bonchev–Trinajstić information content (AvgIpc) is 2.72. The lowest BCUT2D eigenvalue weighted by atomic mass is 9.92. The molecule has 0 bridgehead atoms. The van der Waals surface area contributed by atoms with Gasteiger partial charge in [0, 0.05) is 12.6 Å². The molecule has 3 N–H and O–H groups in total. The molecule has 0 radical (unpaired) electrons. The van der Waals surface area contributed by atoms with Crippen LogP contribution < -0.4 is 11.1 Å². The van der Waals surface area contributed by atoms with Crippen molar-refractivity contribution in [3.05, 3.63) is 0 Å². The average molecular weight is 257 g/mol. The van der Waals surface area contributed by atoms with Crippen molar-refractivity contribution in [1.29, 1.82) is 0 Å². The summed E-state index contributed by atoms with van der Waals surface area (Å²) in [5.74, 6) is -0.0760. The van der Waals surface area contributed by atoms with E-state index in [-0.39, 0.29) is 10.9 Å². The first-order valence-corrected chi connectivity index (χ1v) is 6.62. The zero-order valence-electron chi connectivity index (χ0n) is 11.0. The van der Waals surface area contributed by atoms with Crippen molar-refractivity contribution in [3.63, 3.8) is 0 Å². The minimum atomic E-state index is -0.759. The highest BCUT2D eigenvalue weighted by molar-refractivity contribution is 7.80. The Labute approximate surface area is 109 Å². The van der Waals surface area contributed by atoms with Gasteiger partial charge in [-0.1, -0.05) is 19.1 Å². The van der Waals surface area contributed by atoms with Crippen LogP contribution in [-0.4, -0.2) is 41.5 Å². The van der Waals surface area contributed by atoms with Crippen molar-refractivity contribution >= 4 is 23.1 Å². The van der Waals surface area contributed by atoms with E-state index in [1.165, 1.54) is 6.42 Å². The molecule has 1 atom stereocenters. The largest absolute Gasteiger partial charge is 0.392 e. The minimum absolute atomic E-state index is 0.0760. The molecule has 0 aliphatic carbocycles. The second-order valence-electron chi connectivity index (χ2n) is 5.12. The van der Waals surface area contributed by atoms with Crippen molar-refractivity contribution in [2.24, 2.45) is 11.1 Å². The molecule has 1 unspecified atom stereocenters. The van der Waals surface area contributed by atoms with Crippen LogP contribution in [0.15, 0.2) is 0 Å². The van der Waals surface area contributed by atoms with Gasteiger partial charge in [-0.3, -0.25) is 9.69 Å². The fraction of sp³-hybridized carbons (Fsp3) is 0.833. The zero-order valence-corrected chi connectivity index (χ0v) is 11.8. The number of nitrogens with two attached hydrogens (primary N) is 1. The molecular formula is C12H23N3OS. The van der Waals surface area contributed by atoms with Gasteiger partial charge in [0.1, 0.15) is 0 Å². The number of nitrogens with zero attached hydrogens (tertiary/aromatic N) is 1. The van der Waals surface area contributed by atoms with E-state index in [0.717, 1.165) is 19.5 Å². The van der Waals surface area contributed by atoms with Crippen LogP contribution in [-0.2, 0) is 4.79 Å². The molecule has 0 aromatic rings. The lowest BCUT2D eigenvalue weighted by molar-refractivity contribution is -0.126. The number of rotatable bonds is 5. The molecule has 5 heteroatoms. The van der Waals surface area contributed by atoms with Gasteiger partial charge in [0.25, 0.3) is 0 Å². The summed E-state index contributed by atoms with van der Waals surface area (Å²) in [6.45, 7) is 8.54. The van der Waals surface area contributed by atoms with Crippen LogP contribution >= 0.6 is 12.2 Å². The summed E-state index contributed by atoms with van der Waals surface area (Å²) in [5, 5.41) is 2.96. The molecule has 0 spiro atoms. The van der Waals surface area contributed by atoms with Gasteiger partial charge in [0.05, 0.1) is 10.4 Å². The number of thiocarbonyl (C=S) groups is 1. The highest BCUT2D eigenvalue weighted by Gasteiger charge is 2.32. The summed E-state index contributed by atoms with van der Waals surface area (Å²) in [4.78, 5) is 14.6. The monoisotopic (exact) mass is 257 g/mol. The van der Waals surface area contributed by atoms with Gasteiger partial charge in [0.2, 0.25) is 5.91 Å². The van der Waals surface area contributed by atoms with Crippen LogP contribution in [0.5, 0.6) is 0 Å². The summed E-state index contributed by atoms with van der Waals surface area (Å²) >= 11 is 4.91. The van der Waals surface area contributed by atoms with E-state index in [2.05, 4.69) is 17.1 Å². The van der Waals surface area contributed by atoms with Crippen molar-refractivity contribution in [2.75, 3.05) is 19.6 Å². The molecule has 1 rings (SSSR count). The predicted molar refractivity (Wildman–Crippen MR) is 73.8 cm³/mol. The Morgan fingerprint density at radius 2 is 2.24 bits per heavy atom. The maximum Gasteiger partial charge on any atom is 0.232 e. The van der Waals surface area contributed by atoms with Gasteiger partial charge in [-0.2, -0.15) is 0 Å². The fourth-order valence-electron chi connectivity index (χ4n) is 2.09. The van der Waals surface area contributed by atoms with Gasteiger partial charge in [-0.15, -0.1) is 0 Å². The summed E-state index contributed by atoms with van der Waals surface area (Å²) in [6, 6.07) is 0.464. The second kappa shape index (κ2) is 5.78. The third-order valence-corrected chi connectivity index (χ3v) is 4.10. The summed E-state index contributed by atoms with van der Waals surface area (Å²) in [6.07, 6.45) is 2.37. The minimum Gasteiger partial charge on any atom is -0.392 e. The molecule has 98 valence electrons. The van der Waals surface area contributed by atoms with E-state index in [0.29, 0.717) is 12.6 Å². The topological polar surface area (TPSA) is 58.4 Å². The predicted octanol–water partition coefficient (Wildman–Crippen LogP) is 0.899. The number of amides is 1. The molecule has 1 fully saturated rings. The first-order chi connectivity index (χ1) is 7.89. The maximum atomic E-state index is 12.0. The third kappa shape index (κ3) is 3.39. The number of hydrogen-bond acceptors (Lipinski definition) is 3. The first-order valence-electron chi connectivity index (χ1n) is 6.21. The highest BCUT2D eigenvalue weighted by atomic mass is 32.1. The van der Waals surface area contributed by atoms with Gasteiger partial charge in [0.15, 0.2) is 0 Å². The Kier molecular flexibility index (Phi) is 4.89. The third-order valence-electron chi connectivity index (χ3n) is 3.59. The van der Waals surface area contributed by atoms with Crippen LogP contribution in [0.1, 0.15) is 33.6 Å². The number of carbonyl (C=O) groups is 1. The van der Waals surface area contributed by atoms with Crippen molar-refractivity contribution in [1.82, 2.24) is 10.2 Å². The Hall–Kier alpha value is -0.680. The maximum absolute atomic E-state index is 12.0. The molecule has 1 aliphatic heterocycles. The Balaban J connectivity index is 2.45. The Bertz CT molecular complexity index is 304. The molecular weight excluding hydrogens is 234 g/mol. The van der Waals surface area contributed by atoms with E-state index in [9.17, 15) is 4.79 Å². The number of likely N-dealkylation sites (N-methyl/N-ethyl adjacent to an activating group) is 1. The lowest BCUT2D eigenvalue weighted by Crippen LogP contribution is -2.48. The fourth-order valence-corrected chi connectivity index (χ4v) is 2.18. The van der Waals surface area contributed by atoms with Crippen LogP contribution in [0.25, 0.3) is 0 Å². The number of carbonyl (C=O) groups excluding carboxylic acids is 1. The highest BCUT2D eigenvalue weighted by Crippen LogP contribution is 2.18. The standard InChI is InChI=1S/C12H23N3OS/c1-4-15-7-5-6-9(15)8-14-11(16)12(2,3)10(13)17/h9H,4-8H2,1-3H3,(H2,13,17)(H,14,16). The second-order valence-corrected chi connectivity index (χ2v) is 5.56. The molecule has 17 heavy (non-hydrogen) atoms. The molecule has 1 amide bonds. The smallest absolute Gasteiger partial charge is 0.232 e. The number of nitrogens with one attached hydrogen (secondary N) is 1. The van der Waals surface area contributed by atoms with Gasteiger partial charge in [-0.25, -0.2) is 0 Å². The molecule has 1 heterocycles. The van der Waals surface area contributed by atoms with Crippen LogP contribution in [0.2, 0.25) is 0 Å². The first kappa shape index (κ1) is 14.4. The Morgan fingerprint density at radius 1 is 1.59 bits per heavy atom. The van der Waals surface area contributed by atoms with E-state index in [4.69, 9.17) is 18.0 Å². The summed E-state index contributed by atoms with van der Waals surface area (Å²) in [7, 11) is 0. The number of likely N-dealkylation sites (tertiary alicyclic amines) is 1. The van der Waals surface area contributed by atoms with E-state index in [1.807, 2.05) is 0 Å². The normalized spacial score (nSPS) is 21.5. The SMILES string of the molecule is CCN1CCCC1CNC(=O)C(C)(C)C(N)=S. The molecule has 1 saturated heterocycles.